The Kier molecular flexibility index (Phi) is 4.79. The van der Waals surface area contributed by atoms with E-state index in [1.54, 1.807) is 6.20 Å². The molecule has 4 aromatic rings. The monoisotopic (exact) mass is 392 g/mol. The zero-order valence-electron chi connectivity index (χ0n) is 16.4. The van der Waals surface area contributed by atoms with Crippen molar-refractivity contribution in [2.75, 3.05) is 44.8 Å². The van der Waals surface area contributed by atoms with Gasteiger partial charge in [0.25, 0.3) is 0 Å². The molecule has 150 valence electrons. The van der Waals surface area contributed by atoms with Gasteiger partial charge in [-0.15, -0.1) is 0 Å². The first-order chi connectivity index (χ1) is 14.3. The Morgan fingerprint density at radius 2 is 2.14 bits per heavy atom. The summed E-state index contributed by atoms with van der Waals surface area (Å²) in [5.41, 5.74) is 3.79. The molecule has 0 saturated carbocycles. The highest BCUT2D eigenvalue weighted by Gasteiger charge is 2.13. The van der Waals surface area contributed by atoms with Gasteiger partial charge in [-0.3, -0.25) is 15.0 Å². The van der Waals surface area contributed by atoms with Crippen molar-refractivity contribution >= 4 is 33.4 Å². The molecule has 29 heavy (non-hydrogen) atoms. The number of fused-ring (bicyclic) bond motifs is 2. The Morgan fingerprint density at radius 1 is 1.24 bits per heavy atom. The van der Waals surface area contributed by atoms with Crippen LogP contribution in [-0.4, -0.2) is 64.1 Å². The third-order valence-corrected chi connectivity index (χ3v) is 5.31. The van der Waals surface area contributed by atoms with Crippen LogP contribution in [0.15, 0.2) is 42.7 Å². The van der Waals surface area contributed by atoms with E-state index in [0.717, 1.165) is 72.0 Å². The SMILES string of the molecule is Cn1cc(OCCN2CCOCC2)c2ccc(Nc3n[nH]c4cccnc34)cc21. The molecule has 8 heteroatoms. The Hall–Kier alpha value is -3.10. The summed E-state index contributed by atoms with van der Waals surface area (Å²) in [6, 6.07) is 10.1. The molecule has 1 aliphatic heterocycles. The molecule has 4 heterocycles. The van der Waals surface area contributed by atoms with Gasteiger partial charge >= 0.3 is 0 Å². The second-order valence-corrected chi connectivity index (χ2v) is 7.24. The van der Waals surface area contributed by atoms with Gasteiger partial charge < -0.3 is 19.4 Å². The number of nitrogens with zero attached hydrogens (tertiary/aromatic N) is 4. The highest BCUT2D eigenvalue weighted by molar-refractivity contribution is 5.92. The zero-order valence-corrected chi connectivity index (χ0v) is 16.4. The van der Waals surface area contributed by atoms with Crippen LogP contribution in [0.25, 0.3) is 21.9 Å². The normalized spacial score (nSPS) is 15.2. The second-order valence-electron chi connectivity index (χ2n) is 7.24. The summed E-state index contributed by atoms with van der Waals surface area (Å²) in [5, 5.41) is 11.8. The van der Waals surface area contributed by atoms with Crippen LogP contribution in [0.2, 0.25) is 0 Å². The molecule has 0 bridgehead atoms. The van der Waals surface area contributed by atoms with Crippen molar-refractivity contribution in [2.24, 2.45) is 7.05 Å². The Balaban J connectivity index is 1.32. The molecular weight excluding hydrogens is 368 g/mol. The Bertz CT molecular complexity index is 1130. The number of nitrogens with one attached hydrogen (secondary N) is 2. The average Bonchev–Trinajstić information content (AvgIpc) is 3.30. The average molecular weight is 392 g/mol. The van der Waals surface area contributed by atoms with Gasteiger partial charge in [0, 0.05) is 50.1 Å². The van der Waals surface area contributed by atoms with E-state index in [9.17, 15) is 0 Å². The highest BCUT2D eigenvalue weighted by Crippen LogP contribution is 2.31. The van der Waals surface area contributed by atoms with Crippen LogP contribution in [0.5, 0.6) is 5.75 Å². The number of morpholine rings is 1. The van der Waals surface area contributed by atoms with Crippen LogP contribution >= 0.6 is 0 Å². The van der Waals surface area contributed by atoms with Crippen molar-refractivity contribution in [2.45, 2.75) is 0 Å². The maximum Gasteiger partial charge on any atom is 0.178 e. The maximum absolute atomic E-state index is 6.10. The Morgan fingerprint density at radius 3 is 3.03 bits per heavy atom. The van der Waals surface area contributed by atoms with E-state index in [1.165, 1.54) is 0 Å². The molecule has 0 radical (unpaired) electrons. The predicted molar refractivity (Wildman–Crippen MR) is 113 cm³/mol. The first kappa shape index (κ1) is 18.0. The molecule has 0 atom stereocenters. The van der Waals surface area contributed by atoms with Gasteiger partial charge in [0.15, 0.2) is 5.82 Å². The first-order valence-electron chi connectivity index (χ1n) is 9.86. The summed E-state index contributed by atoms with van der Waals surface area (Å²) >= 11 is 0. The van der Waals surface area contributed by atoms with Gasteiger partial charge in [0.1, 0.15) is 17.9 Å². The number of rotatable bonds is 6. The number of aromatic amines is 1. The molecule has 0 amide bonds. The summed E-state index contributed by atoms with van der Waals surface area (Å²) in [6.45, 7) is 5.16. The number of benzene rings is 1. The number of anilines is 2. The number of ether oxygens (including phenoxy) is 2. The van der Waals surface area contributed by atoms with Gasteiger partial charge in [-0.05, 0) is 30.3 Å². The molecule has 2 N–H and O–H groups in total. The third kappa shape index (κ3) is 3.64. The second kappa shape index (κ2) is 7.73. The van der Waals surface area contributed by atoms with Crippen molar-refractivity contribution in [3.05, 3.63) is 42.7 Å². The lowest BCUT2D eigenvalue weighted by Crippen LogP contribution is -2.38. The quantitative estimate of drug-likeness (QED) is 0.525. The van der Waals surface area contributed by atoms with Gasteiger partial charge in [-0.1, -0.05) is 0 Å². The third-order valence-electron chi connectivity index (χ3n) is 5.31. The predicted octanol–water partition coefficient (Wildman–Crippen LogP) is 2.90. The van der Waals surface area contributed by atoms with Crippen molar-refractivity contribution in [3.8, 4) is 5.75 Å². The molecule has 1 aromatic carbocycles. The summed E-state index contributed by atoms with van der Waals surface area (Å²) in [4.78, 5) is 6.77. The molecule has 8 nitrogen and oxygen atoms in total. The smallest absolute Gasteiger partial charge is 0.178 e. The van der Waals surface area contributed by atoms with E-state index in [4.69, 9.17) is 9.47 Å². The molecule has 5 rings (SSSR count). The van der Waals surface area contributed by atoms with Crippen LogP contribution in [-0.2, 0) is 11.8 Å². The van der Waals surface area contributed by atoms with Crippen molar-refractivity contribution in [3.63, 3.8) is 0 Å². The van der Waals surface area contributed by atoms with Gasteiger partial charge in [-0.25, -0.2) is 0 Å². The molecule has 0 spiro atoms. The van der Waals surface area contributed by atoms with Gasteiger partial charge in [-0.2, -0.15) is 5.10 Å². The summed E-state index contributed by atoms with van der Waals surface area (Å²) in [7, 11) is 2.03. The van der Waals surface area contributed by atoms with Crippen LogP contribution < -0.4 is 10.1 Å². The number of hydrogen-bond acceptors (Lipinski definition) is 6. The molecular formula is C21H24N6O2. The lowest BCUT2D eigenvalue weighted by molar-refractivity contribution is 0.0323. The number of H-pyrrole nitrogens is 1. The van der Waals surface area contributed by atoms with E-state index in [-0.39, 0.29) is 0 Å². The minimum absolute atomic E-state index is 0.671. The van der Waals surface area contributed by atoms with Crippen LogP contribution in [0.3, 0.4) is 0 Å². The minimum Gasteiger partial charge on any atom is -0.490 e. The maximum atomic E-state index is 6.10. The topological polar surface area (TPSA) is 80.2 Å². The first-order valence-corrected chi connectivity index (χ1v) is 9.86. The van der Waals surface area contributed by atoms with Crippen molar-refractivity contribution < 1.29 is 9.47 Å². The summed E-state index contributed by atoms with van der Waals surface area (Å²) in [6.07, 6.45) is 3.81. The van der Waals surface area contributed by atoms with Gasteiger partial charge in [0.2, 0.25) is 0 Å². The lowest BCUT2D eigenvalue weighted by Gasteiger charge is -2.26. The fraction of sp³-hybridized carbons (Fsp3) is 0.333. The Labute approximate surface area is 168 Å². The highest BCUT2D eigenvalue weighted by atomic mass is 16.5. The van der Waals surface area contributed by atoms with Crippen LogP contribution in [0.4, 0.5) is 11.5 Å². The molecule has 0 unspecified atom stereocenters. The summed E-state index contributed by atoms with van der Waals surface area (Å²) in [5.74, 6) is 1.63. The van der Waals surface area contributed by atoms with Crippen molar-refractivity contribution in [1.82, 2.24) is 24.6 Å². The van der Waals surface area contributed by atoms with E-state index >= 15 is 0 Å². The van der Waals surface area contributed by atoms with E-state index in [1.807, 2.05) is 31.4 Å². The molecule has 0 aliphatic carbocycles. The number of aromatic nitrogens is 4. The van der Waals surface area contributed by atoms with Gasteiger partial charge in [0.05, 0.1) is 24.2 Å². The van der Waals surface area contributed by atoms with Crippen molar-refractivity contribution in [1.29, 1.82) is 0 Å². The fourth-order valence-electron chi connectivity index (χ4n) is 3.73. The molecule has 3 aromatic heterocycles. The van der Waals surface area contributed by atoms with E-state index < -0.39 is 0 Å². The minimum atomic E-state index is 0.671. The lowest BCUT2D eigenvalue weighted by atomic mass is 10.2. The fourth-order valence-corrected chi connectivity index (χ4v) is 3.73. The number of aryl methyl sites for hydroxylation is 1. The zero-order chi connectivity index (χ0) is 19.6. The van der Waals surface area contributed by atoms with E-state index in [0.29, 0.717) is 6.61 Å². The van der Waals surface area contributed by atoms with E-state index in [2.05, 4.69) is 42.1 Å². The molecule has 1 fully saturated rings. The summed E-state index contributed by atoms with van der Waals surface area (Å²) < 4.78 is 13.6. The van der Waals surface area contributed by atoms with Crippen LogP contribution in [0, 0.1) is 0 Å². The molecule has 1 saturated heterocycles. The largest absolute Gasteiger partial charge is 0.490 e. The standard InChI is InChI=1S/C21H24N6O2/c1-26-14-19(29-12-9-27-7-10-28-11-8-27)16-5-4-15(13-18(16)26)23-21-20-17(24-25-21)3-2-6-22-20/h2-6,13-14H,7-12H2,1H3,(H2,23,24,25). The molecule has 1 aliphatic rings. The number of hydrogen-bond donors (Lipinski definition) is 2. The van der Waals surface area contributed by atoms with Crippen LogP contribution in [0.1, 0.15) is 0 Å². The number of pyridine rings is 1.